The Morgan fingerprint density at radius 1 is 1.21 bits per heavy atom. The van der Waals surface area contributed by atoms with Crippen molar-refractivity contribution in [2.45, 2.75) is 37.5 Å². The summed E-state index contributed by atoms with van der Waals surface area (Å²) in [6, 6.07) is 1.85. The number of anilines is 2. The lowest BCUT2D eigenvalue weighted by Gasteiger charge is -2.43. The molecule has 2 atom stereocenters. The second kappa shape index (κ2) is 9.72. The molecule has 0 spiro atoms. The Morgan fingerprint density at radius 3 is 2.74 bits per heavy atom. The van der Waals surface area contributed by atoms with Crippen LogP contribution in [0.1, 0.15) is 18.5 Å². The fourth-order valence-electron chi connectivity index (χ4n) is 4.74. The molecule has 1 aromatic carbocycles. The number of fused-ring (bicyclic) bond motifs is 1. The van der Waals surface area contributed by atoms with Crippen LogP contribution in [0.25, 0.3) is 22.6 Å². The smallest absolute Gasteiger partial charge is 0.265 e. The standard InChI is InChI=1S/C23H25F4N9O2/c1-38-15-6-12(24)11(5-13(15)25)20-33-14(7-36-10-32-16-19(28)30-9-31-22(16)36)21(34-20)35-4-2-3-23(29,8-35)17(37)18(26)27/h5-6,9-10,17-18,37H,2-4,7-8,29H2,1H3,(H,33,34)(H2,28,30,31)/t17-,23-/m1/s1. The number of imidazole rings is 2. The first-order valence-corrected chi connectivity index (χ1v) is 11.6. The molecule has 0 radical (unpaired) electrons. The number of nitrogens with one attached hydrogen (secondary N) is 1. The minimum atomic E-state index is -3.03. The Kier molecular flexibility index (Phi) is 6.56. The number of aromatic amines is 1. The van der Waals surface area contributed by atoms with E-state index in [2.05, 4.69) is 24.9 Å². The van der Waals surface area contributed by atoms with Crippen LogP contribution in [0.15, 0.2) is 24.8 Å². The Balaban J connectivity index is 1.59. The number of H-pyrrole nitrogens is 1. The minimum absolute atomic E-state index is 0.00443. The number of methoxy groups -OCH3 is 1. The van der Waals surface area contributed by atoms with Gasteiger partial charge in [-0.3, -0.25) is 0 Å². The highest BCUT2D eigenvalue weighted by Gasteiger charge is 2.43. The van der Waals surface area contributed by atoms with E-state index in [-0.39, 0.29) is 48.3 Å². The molecule has 1 fully saturated rings. The van der Waals surface area contributed by atoms with Gasteiger partial charge in [0, 0.05) is 19.2 Å². The Morgan fingerprint density at radius 2 is 2.00 bits per heavy atom. The maximum Gasteiger partial charge on any atom is 0.265 e. The van der Waals surface area contributed by atoms with Crippen LogP contribution >= 0.6 is 0 Å². The van der Waals surface area contributed by atoms with E-state index in [1.54, 1.807) is 9.47 Å². The largest absolute Gasteiger partial charge is 0.494 e. The summed E-state index contributed by atoms with van der Waals surface area (Å²) < 4.78 is 62.6. The van der Waals surface area contributed by atoms with Gasteiger partial charge in [0.15, 0.2) is 28.8 Å². The fourth-order valence-corrected chi connectivity index (χ4v) is 4.74. The van der Waals surface area contributed by atoms with Crippen LogP contribution in [-0.2, 0) is 6.54 Å². The van der Waals surface area contributed by atoms with Crippen LogP contribution in [0.4, 0.5) is 29.2 Å². The summed E-state index contributed by atoms with van der Waals surface area (Å²) in [5.41, 5.74) is 11.5. The van der Waals surface area contributed by atoms with Crippen molar-refractivity contribution in [1.82, 2.24) is 29.5 Å². The molecular formula is C23H25F4N9O2. The Bertz CT molecular complexity index is 1480. The first-order valence-electron chi connectivity index (χ1n) is 11.6. The van der Waals surface area contributed by atoms with Gasteiger partial charge in [-0.15, -0.1) is 0 Å². The number of aliphatic hydroxyl groups is 1. The number of ether oxygens (including phenoxy) is 1. The monoisotopic (exact) mass is 535 g/mol. The van der Waals surface area contributed by atoms with Crippen LogP contribution in [0.2, 0.25) is 0 Å². The normalized spacial score (nSPS) is 18.9. The van der Waals surface area contributed by atoms with Gasteiger partial charge in [0.2, 0.25) is 0 Å². The van der Waals surface area contributed by atoms with Gasteiger partial charge in [0.1, 0.15) is 29.6 Å². The van der Waals surface area contributed by atoms with E-state index in [4.69, 9.17) is 16.2 Å². The number of aromatic nitrogens is 6. The van der Waals surface area contributed by atoms with E-state index >= 15 is 0 Å². The van der Waals surface area contributed by atoms with Gasteiger partial charge in [0.25, 0.3) is 6.43 Å². The van der Waals surface area contributed by atoms with Gasteiger partial charge >= 0.3 is 0 Å². The van der Waals surface area contributed by atoms with Crippen LogP contribution in [0, 0.1) is 11.6 Å². The molecule has 4 aromatic rings. The summed E-state index contributed by atoms with van der Waals surface area (Å²) >= 11 is 0. The average molecular weight is 536 g/mol. The van der Waals surface area contributed by atoms with Crippen molar-refractivity contribution in [1.29, 1.82) is 0 Å². The zero-order valence-corrected chi connectivity index (χ0v) is 20.2. The quantitative estimate of drug-likeness (QED) is 0.260. The predicted octanol–water partition coefficient (Wildman–Crippen LogP) is 2.06. The molecule has 202 valence electrons. The molecule has 1 aliphatic heterocycles. The summed E-state index contributed by atoms with van der Waals surface area (Å²) in [6.45, 7) is 0.321. The number of benzene rings is 1. The number of aliphatic hydroxyl groups excluding tert-OH is 1. The highest BCUT2D eigenvalue weighted by atomic mass is 19.3. The number of hydrogen-bond acceptors (Lipinski definition) is 9. The molecule has 11 nitrogen and oxygen atoms in total. The highest BCUT2D eigenvalue weighted by molar-refractivity contribution is 5.81. The van der Waals surface area contributed by atoms with Crippen molar-refractivity contribution in [2.75, 3.05) is 30.8 Å². The second-order valence-electron chi connectivity index (χ2n) is 9.20. The SMILES string of the molecule is COc1cc(F)c(-c2nc(N3CCC[C@](N)([C@H](O)C(F)F)C3)c(Cn3cnc4c(N)ncnc43)[nH]2)cc1F. The molecule has 0 aliphatic carbocycles. The zero-order chi connectivity index (χ0) is 27.2. The molecule has 0 saturated carbocycles. The molecule has 4 heterocycles. The number of nitrogen functional groups attached to an aromatic ring is 1. The Hall–Kier alpha value is -3.98. The van der Waals surface area contributed by atoms with Crippen molar-refractivity contribution < 1.29 is 27.4 Å². The van der Waals surface area contributed by atoms with E-state index in [0.717, 1.165) is 12.1 Å². The number of rotatable bonds is 7. The molecule has 0 amide bonds. The number of piperidine rings is 1. The molecular weight excluding hydrogens is 510 g/mol. The molecule has 15 heteroatoms. The van der Waals surface area contributed by atoms with E-state index in [1.807, 2.05) is 0 Å². The summed E-state index contributed by atoms with van der Waals surface area (Å²) in [5.74, 6) is -1.41. The number of nitrogens with two attached hydrogens (primary N) is 2. The van der Waals surface area contributed by atoms with Crippen molar-refractivity contribution in [3.63, 3.8) is 0 Å². The van der Waals surface area contributed by atoms with Gasteiger partial charge in [-0.1, -0.05) is 0 Å². The topological polar surface area (TPSA) is 157 Å². The lowest BCUT2D eigenvalue weighted by Crippen LogP contribution is -2.63. The van der Waals surface area contributed by atoms with Crippen molar-refractivity contribution >= 4 is 22.8 Å². The van der Waals surface area contributed by atoms with Crippen molar-refractivity contribution in [2.24, 2.45) is 5.73 Å². The third kappa shape index (κ3) is 4.47. The summed E-state index contributed by atoms with van der Waals surface area (Å²) in [5, 5.41) is 10.1. The van der Waals surface area contributed by atoms with Crippen LogP contribution in [0.5, 0.6) is 5.75 Å². The maximum absolute atomic E-state index is 14.9. The molecule has 6 N–H and O–H groups in total. The molecule has 0 unspecified atom stereocenters. The molecule has 1 saturated heterocycles. The number of alkyl halides is 2. The number of nitrogens with zero attached hydrogens (tertiary/aromatic N) is 6. The van der Waals surface area contributed by atoms with Crippen molar-refractivity contribution in [3.8, 4) is 17.1 Å². The molecule has 0 bridgehead atoms. The van der Waals surface area contributed by atoms with Crippen LogP contribution in [-0.4, -0.2) is 72.9 Å². The number of hydrogen-bond donors (Lipinski definition) is 4. The predicted molar refractivity (Wildman–Crippen MR) is 130 cm³/mol. The first kappa shape index (κ1) is 25.7. The lowest BCUT2D eigenvalue weighted by atomic mass is 9.84. The average Bonchev–Trinajstić information content (AvgIpc) is 3.50. The molecule has 5 rings (SSSR count). The maximum atomic E-state index is 14.9. The zero-order valence-electron chi connectivity index (χ0n) is 20.2. The minimum Gasteiger partial charge on any atom is -0.494 e. The number of halogens is 4. The highest BCUT2D eigenvalue weighted by Crippen LogP contribution is 2.34. The molecule has 38 heavy (non-hydrogen) atoms. The third-order valence-electron chi connectivity index (χ3n) is 6.69. The van der Waals surface area contributed by atoms with Gasteiger partial charge in [-0.05, 0) is 18.9 Å². The van der Waals surface area contributed by atoms with Gasteiger partial charge in [-0.2, -0.15) is 0 Å². The van der Waals surface area contributed by atoms with Crippen LogP contribution in [0.3, 0.4) is 0 Å². The first-order chi connectivity index (χ1) is 18.1. The molecule has 1 aliphatic rings. The summed E-state index contributed by atoms with van der Waals surface area (Å²) in [4.78, 5) is 21.6. The van der Waals surface area contributed by atoms with E-state index in [9.17, 15) is 22.7 Å². The van der Waals surface area contributed by atoms with Gasteiger partial charge in [0.05, 0.1) is 36.8 Å². The Labute approximate surface area is 213 Å². The van der Waals surface area contributed by atoms with Crippen molar-refractivity contribution in [3.05, 3.63) is 42.1 Å². The third-order valence-corrected chi connectivity index (χ3v) is 6.69. The fraction of sp³-hybridized carbons (Fsp3) is 0.391. The van der Waals surface area contributed by atoms with E-state index < -0.39 is 29.7 Å². The second-order valence-corrected chi connectivity index (χ2v) is 9.20. The summed E-state index contributed by atoms with van der Waals surface area (Å²) in [7, 11) is 1.22. The van der Waals surface area contributed by atoms with E-state index in [1.165, 1.54) is 19.8 Å². The van der Waals surface area contributed by atoms with Crippen LogP contribution < -0.4 is 21.1 Å². The lowest BCUT2D eigenvalue weighted by molar-refractivity contribution is -0.0529. The summed E-state index contributed by atoms with van der Waals surface area (Å²) in [6.07, 6.45) is -1.76. The van der Waals surface area contributed by atoms with E-state index in [0.29, 0.717) is 29.8 Å². The van der Waals surface area contributed by atoms with Gasteiger partial charge < -0.3 is 35.8 Å². The van der Waals surface area contributed by atoms with Gasteiger partial charge in [-0.25, -0.2) is 37.5 Å². The molecule has 3 aromatic heterocycles.